The molecule has 0 radical (unpaired) electrons. The van der Waals surface area contributed by atoms with E-state index in [0.717, 1.165) is 0 Å². The average Bonchev–Trinajstić information content (AvgIpc) is 2.04. The Morgan fingerprint density at radius 3 is 2.92 bits per heavy atom. The van der Waals surface area contributed by atoms with Gasteiger partial charge in [-0.15, -0.1) is 0 Å². The molecule has 64 valence electrons. The second-order valence-electron chi connectivity index (χ2n) is 2.25. The Labute approximate surface area is 68.8 Å². The smallest absolute Gasteiger partial charge is 0.406 e. The third-order valence-electron chi connectivity index (χ3n) is 1.54. The van der Waals surface area contributed by atoms with E-state index >= 15 is 0 Å². The summed E-state index contributed by atoms with van der Waals surface area (Å²) >= 11 is 0. The molecular formula is C7H8N2O3. The lowest BCUT2D eigenvalue weighted by Gasteiger charge is -1.99. The number of nitrogens with zero attached hydrogens (tertiary/aromatic N) is 2. The summed E-state index contributed by atoms with van der Waals surface area (Å²) in [6.45, 7) is 1.80. The Hall–Kier alpha value is -1.65. The minimum atomic E-state index is -0.700. The fourth-order valence-electron chi connectivity index (χ4n) is 0.900. The van der Waals surface area contributed by atoms with Gasteiger partial charge in [0.05, 0.1) is 0 Å². The highest BCUT2D eigenvalue weighted by molar-refractivity contribution is 5.44. The molecule has 1 aromatic rings. The predicted molar refractivity (Wildman–Crippen MR) is 41.9 cm³/mol. The summed E-state index contributed by atoms with van der Waals surface area (Å²) in [5, 5.41) is 19.5. The number of hydrogen-bond donors (Lipinski definition) is 1. The number of pyridine rings is 1. The van der Waals surface area contributed by atoms with Gasteiger partial charge in [-0.05, 0) is 22.4 Å². The van der Waals surface area contributed by atoms with Crippen LogP contribution >= 0.6 is 0 Å². The van der Waals surface area contributed by atoms with Crippen molar-refractivity contribution < 1.29 is 10.0 Å². The molecule has 0 saturated heterocycles. The minimum Gasteiger partial charge on any atom is -0.501 e. The van der Waals surface area contributed by atoms with Crippen LogP contribution in [0, 0.1) is 10.1 Å². The Kier molecular flexibility index (Phi) is 2.23. The van der Waals surface area contributed by atoms with Gasteiger partial charge in [0.25, 0.3) is 0 Å². The molecule has 5 heteroatoms. The fourth-order valence-corrected chi connectivity index (χ4v) is 0.900. The Morgan fingerprint density at radius 2 is 2.42 bits per heavy atom. The molecule has 1 heterocycles. The first-order valence-corrected chi connectivity index (χ1v) is 3.48. The second-order valence-corrected chi connectivity index (χ2v) is 2.25. The molecule has 0 saturated carbocycles. The highest BCUT2D eigenvalue weighted by atomic mass is 16.6. The van der Waals surface area contributed by atoms with E-state index in [4.69, 9.17) is 0 Å². The molecule has 0 unspecified atom stereocenters. The van der Waals surface area contributed by atoms with Crippen molar-refractivity contribution in [3.05, 3.63) is 27.9 Å². The average molecular weight is 168 g/mol. The van der Waals surface area contributed by atoms with Crippen molar-refractivity contribution in [2.45, 2.75) is 13.3 Å². The van der Waals surface area contributed by atoms with Crippen molar-refractivity contribution >= 4 is 5.82 Å². The van der Waals surface area contributed by atoms with Crippen LogP contribution in [0.5, 0.6) is 5.75 Å². The quantitative estimate of drug-likeness (QED) is 0.532. The van der Waals surface area contributed by atoms with Crippen LogP contribution in [0.25, 0.3) is 0 Å². The molecule has 12 heavy (non-hydrogen) atoms. The number of nitro groups is 1. The Morgan fingerprint density at radius 1 is 1.75 bits per heavy atom. The van der Waals surface area contributed by atoms with Crippen LogP contribution in [-0.4, -0.2) is 15.0 Å². The van der Waals surface area contributed by atoms with E-state index in [1.807, 2.05) is 0 Å². The van der Waals surface area contributed by atoms with E-state index < -0.39 is 10.7 Å². The van der Waals surface area contributed by atoms with Crippen LogP contribution in [0.1, 0.15) is 12.5 Å². The highest BCUT2D eigenvalue weighted by Gasteiger charge is 2.16. The summed E-state index contributed by atoms with van der Waals surface area (Å²) in [6.07, 6.45) is 1.87. The van der Waals surface area contributed by atoms with Gasteiger partial charge in [-0.3, -0.25) is 0 Å². The molecule has 0 bridgehead atoms. The van der Waals surface area contributed by atoms with E-state index in [1.165, 1.54) is 6.20 Å². The van der Waals surface area contributed by atoms with Gasteiger partial charge in [0, 0.05) is 5.56 Å². The van der Waals surface area contributed by atoms with Crippen molar-refractivity contribution in [3.63, 3.8) is 0 Å². The number of aromatic hydroxyl groups is 1. The summed E-state index contributed by atoms with van der Waals surface area (Å²) in [5.74, 6) is -0.806. The highest BCUT2D eigenvalue weighted by Crippen LogP contribution is 2.26. The van der Waals surface area contributed by atoms with Crippen molar-refractivity contribution in [2.75, 3.05) is 0 Å². The normalized spacial score (nSPS) is 9.75. The van der Waals surface area contributed by atoms with Crippen LogP contribution in [-0.2, 0) is 6.42 Å². The number of aryl methyl sites for hydroxylation is 1. The molecule has 1 rings (SSSR count). The zero-order chi connectivity index (χ0) is 9.14. The second kappa shape index (κ2) is 3.17. The van der Waals surface area contributed by atoms with Crippen molar-refractivity contribution in [1.29, 1.82) is 0 Å². The van der Waals surface area contributed by atoms with Crippen LogP contribution in [0.3, 0.4) is 0 Å². The molecule has 0 atom stereocenters. The van der Waals surface area contributed by atoms with Gasteiger partial charge in [-0.1, -0.05) is 6.92 Å². The summed E-state index contributed by atoms with van der Waals surface area (Å²) in [5.41, 5.74) is 0.539. The summed E-state index contributed by atoms with van der Waals surface area (Å²) in [4.78, 5) is 13.0. The Bertz CT molecular complexity index is 312. The standard InChI is InChI=1S/C7H8N2O3/c1-2-5-3-4-8-7(6(5)10)9(11)12/h3-4,10H,2H2,1H3. The van der Waals surface area contributed by atoms with Gasteiger partial charge >= 0.3 is 5.82 Å². The maximum atomic E-state index is 10.3. The van der Waals surface area contributed by atoms with E-state index in [0.29, 0.717) is 12.0 Å². The molecule has 0 aliphatic heterocycles. The van der Waals surface area contributed by atoms with E-state index in [1.54, 1.807) is 13.0 Å². The molecule has 0 aromatic carbocycles. The SMILES string of the molecule is CCc1ccnc([N+](=O)[O-])c1O. The van der Waals surface area contributed by atoms with Gasteiger partial charge < -0.3 is 15.2 Å². The first kappa shape index (κ1) is 8.45. The van der Waals surface area contributed by atoms with Crippen LogP contribution in [0.2, 0.25) is 0 Å². The van der Waals surface area contributed by atoms with Gasteiger partial charge in [0.15, 0.2) is 0 Å². The fraction of sp³-hybridized carbons (Fsp3) is 0.286. The minimum absolute atomic E-state index is 0.329. The summed E-state index contributed by atoms with van der Waals surface area (Å²) in [7, 11) is 0. The lowest BCUT2D eigenvalue weighted by molar-refractivity contribution is -0.390. The number of hydrogen-bond acceptors (Lipinski definition) is 4. The third-order valence-corrected chi connectivity index (χ3v) is 1.54. The molecule has 0 amide bonds. The lowest BCUT2D eigenvalue weighted by atomic mass is 10.2. The zero-order valence-corrected chi connectivity index (χ0v) is 6.52. The van der Waals surface area contributed by atoms with Crippen molar-refractivity contribution in [2.24, 2.45) is 0 Å². The monoisotopic (exact) mass is 168 g/mol. The topological polar surface area (TPSA) is 76.3 Å². The molecule has 5 nitrogen and oxygen atoms in total. The van der Waals surface area contributed by atoms with Gasteiger partial charge in [-0.25, -0.2) is 0 Å². The van der Waals surface area contributed by atoms with Gasteiger partial charge in [-0.2, -0.15) is 0 Å². The first-order chi connectivity index (χ1) is 5.66. The molecule has 0 aliphatic carbocycles. The maximum Gasteiger partial charge on any atom is 0.406 e. The number of rotatable bonds is 2. The van der Waals surface area contributed by atoms with Crippen LogP contribution in [0.15, 0.2) is 12.3 Å². The van der Waals surface area contributed by atoms with E-state index in [-0.39, 0.29) is 5.75 Å². The van der Waals surface area contributed by atoms with Crippen molar-refractivity contribution in [1.82, 2.24) is 4.98 Å². The molecule has 1 aromatic heterocycles. The Balaban J connectivity index is 3.23. The largest absolute Gasteiger partial charge is 0.501 e. The van der Waals surface area contributed by atoms with Crippen LogP contribution < -0.4 is 0 Å². The summed E-state index contributed by atoms with van der Waals surface area (Å²) in [6, 6.07) is 1.56. The van der Waals surface area contributed by atoms with E-state index in [2.05, 4.69) is 4.98 Å². The maximum absolute atomic E-state index is 10.3. The summed E-state index contributed by atoms with van der Waals surface area (Å²) < 4.78 is 0. The van der Waals surface area contributed by atoms with Gasteiger partial charge in [0.1, 0.15) is 6.20 Å². The molecule has 0 fully saturated rings. The molecule has 0 aliphatic rings. The van der Waals surface area contributed by atoms with Crippen LogP contribution in [0.4, 0.5) is 5.82 Å². The lowest BCUT2D eigenvalue weighted by Crippen LogP contribution is -1.94. The molecule has 0 spiro atoms. The van der Waals surface area contributed by atoms with E-state index in [9.17, 15) is 15.2 Å². The molecular weight excluding hydrogens is 160 g/mol. The number of aromatic nitrogens is 1. The predicted octanol–water partition coefficient (Wildman–Crippen LogP) is 1.26. The first-order valence-electron chi connectivity index (χ1n) is 3.48. The third kappa shape index (κ3) is 1.34. The molecule has 1 N–H and O–H groups in total. The van der Waals surface area contributed by atoms with Crippen molar-refractivity contribution in [3.8, 4) is 5.75 Å². The zero-order valence-electron chi connectivity index (χ0n) is 6.52. The van der Waals surface area contributed by atoms with Gasteiger partial charge in [0.2, 0.25) is 5.75 Å².